The number of aryl methyl sites for hydroxylation is 1. The van der Waals surface area contributed by atoms with Gasteiger partial charge < -0.3 is 14.9 Å². The zero-order chi connectivity index (χ0) is 13.7. The van der Waals surface area contributed by atoms with E-state index in [2.05, 4.69) is 25.7 Å². The maximum atomic E-state index is 10.4. The van der Waals surface area contributed by atoms with Crippen molar-refractivity contribution in [1.82, 2.24) is 20.3 Å². The Labute approximate surface area is 116 Å². The van der Waals surface area contributed by atoms with E-state index < -0.39 is 5.97 Å². The van der Waals surface area contributed by atoms with Crippen molar-refractivity contribution < 1.29 is 14.4 Å². The number of carboxylic acid groups (broad SMARTS) is 1. The summed E-state index contributed by atoms with van der Waals surface area (Å²) in [7, 11) is 0. The van der Waals surface area contributed by atoms with E-state index in [9.17, 15) is 4.79 Å². The third-order valence-electron chi connectivity index (χ3n) is 1.92. The first kappa shape index (κ1) is 13.7. The molecule has 0 radical (unpaired) electrons. The number of aliphatic carboxylic acids is 1. The van der Waals surface area contributed by atoms with E-state index in [-0.39, 0.29) is 5.75 Å². The van der Waals surface area contributed by atoms with Gasteiger partial charge in [0.25, 0.3) is 0 Å². The van der Waals surface area contributed by atoms with Gasteiger partial charge in [0.15, 0.2) is 10.2 Å². The summed E-state index contributed by atoms with van der Waals surface area (Å²) in [5.41, 5.74) is 0. The summed E-state index contributed by atoms with van der Waals surface area (Å²) < 4.78 is 5.48. The number of nitrogens with zero attached hydrogens (tertiary/aromatic N) is 4. The molecule has 0 aliphatic rings. The van der Waals surface area contributed by atoms with Crippen LogP contribution in [0.25, 0.3) is 0 Å². The van der Waals surface area contributed by atoms with E-state index in [1.54, 1.807) is 6.92 Å². The molecule has 0 aromatic carbocycles. The highest BCUT2D eigenvalue weighted by molar-refractivity contribution is 8.01. The highest BCUT2D eigenvalue weighted by Gasteiger charge is 2.07. The van der Waals surface area contributed by atoms with Crippen molar-refractivity contribution in [2.24, 2.45) is 0 Å². The summed E-state index contributed by atoms with van der Waals surface area (Å²) in [6.07, 6.45) is 0.620. The van der Waals surface area contributed by atoms with Crippen LogP contribution in [0.2, 0.25) is 0 Å². The van der Waals surface area contributed by atoms with Gasteiger partial charge in [-0.05, 0) is 0 Å². The average molecular weight is 301 g/mol. The predicted octanol–water partition coefficient (Wildman–Crippen LogP) is 1.06. The molecule has 0 amide bonds. The summed E-state index contributed by atoms with van der Waals surface area (Å²) >= 11 is 2.47. The number of rotatable bonds is 7. The molecule has 0 saturated carbocycles. The van der Waals surface area contributed by atoms with Gasteiger partial charge in [-0.3, -0.25) is 4.79 Å². The Morgan fingerprint density at radius 2 is 2.37 bits per heavy atom. The van der Waals surface area contributed by atoms with Gasteiger partial charge in [0.2, 0.25) is 11.0 Å². The third-order valence-corrected chi connectivity index (χ3v) is 3.92. The normalized spacial score (nSPS) is 10.6. The Morgan fingerprint density at radius 3 is 3.05 bits per heavy atom. The standard InChI is InChI=1S/C9H11N5O3S2/c1-5-11-6(14-17-5)2-3-10-8-12-13-9(19-8)18-4-7(15)16/h2-4H2,1H3,(H,10,12)(H,15,16). The number of aromatic nitrogens is 4. The Balaban J connectivity index is 1.75. The second-order valence-corrected chi connectivity index (χ2v) is 5.66. The van der Waals surface area contributed by atoms with Crippen LogP contribution in [-0.4, -0.2) is 43.7 Å². The summed E-state index contributed by atoms with van der Waals surface area (Å²) in [4.78, 5) is 14.5. The third kappa shape index (κ3) is 4.48. The number of thioether (sulfide) groups is 1. The first-order valence-corrected chi connectivity index (χ1v) is 7.15. The van der Waals surface area contributed by atoms with E-state index in [0.717, 1.165) is 11.8 Å². The lowest BCUT2D eigenvalue weighted by atomic mass is 10.4. The van der Waals surface area contributed by atoms with Crippen LogP contribution in [0.4, 0.5) is 5.13 Å². The van der Waals surface area contributed by atoms with Crippen LogP contribution in [0.1, 0.15) is 11.7 Å². The molecule has 102 valence electrons. The summed E-state index contributed by atoms with van der Waals surface area (Å²) in [6, 6.07) is 0. The van der Waals surface area contributed by atoms with Crippen LogP contribution in [0.15, 0.2) is 8.86 Å². The zero-order valence-corrected chi connectivity index (χ0v) is 11.6. The maximum absolute atomic E-state index is 10.4. The SMILES string of the molecule is Cc1nc(CCNc2nnc(SCC(=O)O)s2)no1. The number of hydrogen-bond donors (Lipinski definition) is 2. The van der Waals surface area contributed by atoms with E-state index in [0.29, 0.717) is 34.2 Å². The second kappa shape index (κ2) is 6.48. The quantitative estimate of drug-likeness (QED) is 0.724. The number of anilines is 1. The van der Waals surface area contributed by atoms with Crippen LogP contribution in [0.5, 0.6) is 0 Å². The molecule has 0 bridgehead atoms. The average Bonchev–Trinajstić information content (AvgIpc) is 2.96. The molecule has 0 unspecified atom stereocenters. The highest BCUT2D eigenvalue weighted by atomic mass is 32.2. The van der Waals surface area contributed by atoms with Crippen LogP contribution in [-0.2, 0) is 11.2 Å². The molecule has 8 nitrogen and oxygen atoms in total. The van der Waals surface area contributed by atoms with Gasteiger partial charge in [-0.25, -0.2) is 0 Å². The lowest BCUT2D eigenvalue weighted by molar-refractivity contribution is -0.133. The van der Waals surface area contributed by atoms with Crippen LogP contribution < -0.4 is 5.32 Å². The predicted molar refractivity (Wildman–Crippen MR) is 69.5 cm³/mol. The smallest absolute Gasteiger partial charge is 0.313 e. The van der Waals surface area contributed by atoms with Crippen molar-refractivity contribution in [3.8, 4) is 0 Å². The molecule has 2 rings (SSSR count). The molecule has 0 spiro atoms. The van der Waals surface area contributed by atoms with Crippen molar-refractivity contribution in [3.63, 3.8) is 0 Å². The summed E-state index contributed by atoms with van der Waals surface area (Å²) in [5.74, 6) is 0.284. The summed E-state index contributed by atoms with van der Waals surface area (Å²) in [6.45, 7) is 2.35. The lowest BCUT2D eigenvalue weighted by Gasteiger charge is -1.97. The Kier molecular flexibility index (Phi) is 4.68. The molecule has 0 fully saturated rings. The minimum Gasteiger partial charge on any atom is -0.481 e. The van der Waals surface area contributed by atoms with Gasteiger partial charge in [-0.1, -0.05) is 28.3 Å². The number of carbonyl (C=O) groups is 1. The van der Waals surface area contributed by atoms with E-state index in [4.69, 9.17) is 9.63 Å². The fraction of sp³-hybridized carbons (Fsp3) is 0.444. The second-order valence-electron chi connectivity index (χ2n) is 3.46. The van der Waals surface area contributed by atoms with Gasteiger partial charge in [0, 0.05) is 19.9 Å². The van der Waals surface area contributed by atoms with Crippen molar-refractivity contribution in [3.05, 3.63) is 11.7 Å². The van der Waals surface area contributed by atoms with Gasteiger partial charge in [0.1, 0.15) is 0 Å². The molecule has 0 aliphatic heterocycles. The Hall–Kier alpha value is -1.68. The van der Waals surface area contributed by atoms with E-state index in [1.165, 1.54) is 11.3 Å². The first-order valence-electron chi connectivity index (χ1n) is 5.34. The van der Waals surface area contributed by atoms with Gasteiger partial charge in [-0.15, -0.1) is 10.2 Å². The molecular weight excluding hydrogens is 290 g/mol. The number of nitrogens with one attached hydrogen (secondary N) is 1. The minimum absolute atomic E-state index is 0.0171. The molecular formula is C9H11N5O3S2. The molecule has 2 N–H and O–H groups in total. The van der Waals surface area contributed by atoms with Crippen LogP contribution >= 0.6 is 23.1 Å². The molecule has 2 aromatic rings. The maximum Gasteiger partial charge on any atom is 0.313 e. The molecule has 2 heterocycles. The van der Waals surface area contributed by atoms with E-state index in [1.807, 2.05) is 0 Å². The topological polar surface area (TPSA) is 114 Å². The zero-order valence-electron chi connectivity index (χ0n) is 9.99. The van der Waals surface area contributed by atoms with Crippen molar-refractivity contribution in [2.75, 3.05) is 17.6 Å². The molecule has 2 aromatic heterocycles. The Morgan fingerprint density at radius 1 is 1.53 bits per heavy atom. The highest BCUT2D eigenvalue weighted by Crippen LogP contribution is 2.25. The van der Waals surface area contributed by atoms with E-state index >= 15 is 0 Å². The van der Waals surface area contributed by atoms with Gasteiger partial charge in [-0.2, -0.15) is 4.98 Å². The molecule has 0 atom stereocenters. The molecule has 10 heteroatoms. The monoisotopic (exact) mass is 301 g/mol. The fourth-order valence-corrected chi connectivity index (χ4v) is 2.68. The molecule has 19 heavy (non-hydrogen) atoms. The van der Waals surface area contributed by atoms with Crippen LogP contribution in [0, 0.1) is 6.92 Å². The number of hydrogen-bond acceptors (Lipinski definition) is 9. The van der Waals surface area contributed by atoms with Gasteiger partial charge in [0.05, 0.1) is 5.75 Å². The summed E-state index contributed by atoms with van der Waals surface area (Å²) in [5, 5.41) is 23.8. The first-order chi connectivity index (χ1) is 9.13. The number of carboxylic acids is 1. The van der Waals surface area contributed by atoms with Crippen molar-refractivity contribution in [1.29, 1.82) is 0 Å². The van der Waals surface area contributed by atoms with Gasteiger partial charge >= 0.3 is 5.97 Å². The minimum atomic E-state index is -0.873. The largest absolute Gasteiger partial charge is 0.481 e. The molecule has 0 aliphatic carbocycles. The van der Waals surface area contributed by atoms with Crippen molar-refractivity contribution >= 4 is 34.2 Å². The Bertz CT molecular complexity index is 556. The van der Waals surface area contributed by atoms with Crippen molar-refractivity contribution in [2.45, 2.75) is 17.7 Å². The molecule has 0 saturated heterocycles. The fourth-order valence-electron chi connectivity index (χ4n) is 1.19. The van der Waals surface area contributed by atoms with Crippen LogP contribution in [0.3, 0.4) is 0 Å². The lowest BCUT2D eigenvalue weighted by Crippen LogP contribution is -2.05.